The SMILES string of the molecule is O=C1NC(=O)C(=Cc2ccnc(N[C@H]3CC[C@H](NCc4cccc5ccccc45)CC3)n2)S1. The summed E-state index contributed by atoms with van der Waals surface area (Å²) in [4.78, 5) is 32.2. The molecule has 1 aliphatic carbocycles. The third kappa shape index (κ3) is 5.23. The third-order valence-corrected chi connectivity index (χ3v) is 6.93. The van der Waals surface area contributed by atoms with Crippen LogP contribution in [0.5, 0.6) is 0 Å². The van der Waals surface area contributed by atoms with Crippen LogP contribution < -0.4 is 16.0 Å². The molecule has 1 aliphatic heterocycles. The van der Waals surface area contributed by atoms with Gasteiger partial charge in [0.25, 0.3) is 11.1 Å². The summed E-state index contributed by atoms with van der Waals surface area (Å²) < 4.78 is 0. The number of carbonyl (C=O) groups excluding carboxylic acids is 2. The molecule has 2 fully saturated rings. The van der Waals surface area contributed by atoms with Crippen LogP contribution in [-0.2, 0) is 11.3 Å². The second kappa shape index (κ2) is 9.72. The minimum absolute atomic E-state index is 0.314. The van der Waals surface area contributed by atoms with Crippen LogP contribution in [0.15, 0.2) is 59.6 Å². The summed E-state index contributed by atoms with van der Waals surface area (Å²) >= 11 is 0.887. The number of carbonyl (C=O) groups is 2. The first-order valence-electron chi connectivity index (χ1n) is 11.2. The lowest BCUT2D eigenvalue weighted by molar-refractivity contribution is -0.115. The van der Waals surface area contributed by atoms with Crippen molar-refractivity contribution in [1.29, 1.82) is 0 Å². The highest BCUT2D eigenvalue weighted by Crippen LogP contribution is 2.26. The van der Waals surface area contributed by atoms with Crippen molar-refractivity contribution in [2.45, 2.75) is 44.3 Å². The predicted octanol–water partition coefficient (Wildman–Crippen LogP) is 4.47. The fourth-order valence-electron chi connectivity index (χ4n) is 4.40. The van der Waals surface area contributed by atoms with Crippen LogP contribution in [0.4, 0.5) is 10.7 Å². The molecule has 1 saturated carbocycles. The van der Waals surface area contributed by atoms with Gasteiger partial charge in [0.15, 0.2) is 0 Å². The average molecular weight is 460 g/mol. The van der Waals surface area contributed by atoms with Gasteiger partial charge in [0.05, 0.1) is 10.6 Å². The van der Waals surface area contributed by atoms with Gasteiger partial charge < -0.3 is 10.6 Å². The van der Waals surface area contributed by atoms with Gasteiger partial charge in [-0.05, 0) is 65.9 Å². The quantitative estimate of drug-likeness (QED) is 0.468. The van der Waals surface area contributed by atoms with Gasteiger partial charge in [-0.15, -0.1) is 0 Å². The maximum absolute atomic E-state index is 11.7. The molecule has 1 aromatic heterocycles. The fraction of sp³-hybridized carbons (Fsp3) is 0.280. The van der Waals surface area contributed by atoms with Crippen molar-refractivity contribution in [3.63, 3.8) is 0 Å². The standard InChI is InChI=1S/C25H25N5O2S/c31-23-22(33-25(32)30-23)14-20-12-13-26-24(29-20)28-19-10-8-18(9-11-19)27-15-17-6-3-5-16-4-1-2-7-21(16)17/h1-7,12-14,18-19,27H,8-11,15H2,(H,26,28,29)(H,30,31,32)/t18-,19-. The lowest BCUT2D eigenvalue weighted by Crippen LogP contribution is -2.36. The molecule has 2 aliphatic rings. The van der Waals surface area contributed by atoms with Crippen molar-refractivity contribution in [1.82, 2.24) is 20.6 Å². The van der Waals surface area contributed by atoms with Crippen molar-refractivity contribution in [3.05, 3.63) is 70.9 Å². The number of fused-ring (bicyclic) bond motifs is 1. The monoisotopic (exact) mass is 459 g/mol. The van der Waals surface area contributed by atoms with Crippen LogP contribution in [0.1, 0.15) is 36.9 Å². The largest absolute Gasteiger partial charge is 0.351 e. The third-order valence-electron chi connectivity index (χ3n) is 6.12. The van der Waals surface area contributed by atoms with Gasteiger partial charge in [-0.2, -0.15) is 0 Å². The van der Waals surface area contributed by atoms with Crippen LogP contribution >= 0.6 is 11.8 Å². The number of thioether (sulfide) groups is 1. The lowest BCUT2D eigenvalue weighted by atomic mass is 9.91. The molecule has 0 bridgehead atoms. The maximum Gasteiger partial charge on any atom is 0.290 e. The van der Waals surface area contributed by atoms with E-state index in [1.165, 1.54) is 16.3 Å². The molecule has 168 valence electrons. The molecular weight excluding hydrogens is 434 g/mol. The molecule has 2 aromatic carbocycles. The van der Waals surface area contributed by atoms with Crippen LogP contribution in [0, 0.1) is 0 Å². The zero-order valence-corrected chi connectivity index (χ0v) is 18.9. The fourth-order valence-corrected chi connectivity index (χ4v) is 5.07. The van der Waals surface area contributed by atoms with E-state index in [2.05, 4.69) is 68.4 Å². The van der Waals surface area contributed by atoms with E-state index in [9.17, 15) is 9.59 Å². The molecule has 2 heterocycles. The summed E-state index contributed by atoms with van der Waals surface area (Å²) in [6.45, 7) is 0.873. The number of nitrogens with zero attached hydrogens (tertiary/aromatic N) is 2. The van der Waals surface area contributed by atoms with Gasteiger partial charge in [0.1, 0.15) is 0 Å². The highest BCUT2D eigenvalue weighted by Gasteiger charge is 2.25. The molecule has 3 N–H and O–H groups in total. The van der Waals surface area contributed by atoms with E-state index < -0.39 is 0 Å². The van der Waals surface area contributed by atoms with Gasteiger partial charge in [-0.3, -0.25) is 14.9 Å². The Morgan fingerprint density at radius 2 is 1.79 bits per heavy atom. The Morgan fingerprint density at radius 1 is 1.00 bits per heavy atom. The Labute approximate surface area is 196 Å². The summed E-state index contributed by atoms with van der Waals surface area (Å²) in [6, 6.07) is 17.5. The zero-order valence-electron chi connectivity index (χ0n) is 18.1. The van der Waals surface area contributed by atoms with Gasteiger partial charge in [0, 0.05) is 24.8 Å². The molecule has 3 aromatic rings. The first-order valence-corrected chi connectivity index (χ1v) is 12.0. The Balaban J connectivity index is 1.14. The van der Waals surface area contributed by atoms with E-state index in [-0.39, 0.29) is 11.1 Å². The molecule has 0 atom stereocenters. The molecule has 0 radical (unpaired) electrons. The van der Waals surface area contributed by atoms with Gasteiger partial charge in [-0.25, -0.2) is 9.97 Å². The maximum atomic E-state index is 11.7. The topological polar surface area (TPSA) is 96.0 Å². The Morgan fingerprint density at radius 3 is 2.61 bits per heavy atom. The number of rotatable bonds is 6. The number of hydrogen-bond acceptors (Lipinski definition) is 7. The number of aromatic nitrogens is 2. The molecule has 0 spiro atoms. The number of benzene rings is 2. The molecule has 8 heteroatoms. The Hall–Kier alpha value is -3.23. The molecule has 1 saturated heterocycles. The smallest absolute Gasteiger partial charge is 0.290 e. The Kier molecular flexibility index (Phi) is 6.37. The number of hydrogen-bond donors (Lipinski definition) is 3. The summed E-state index contributed by atoms with van der Waals surface area (Å²) in [7, 11) is 0. The van der Waals surface area contributed by atoms with Crippen molar-refractivity contribution in [3.8, 4) is 0 Å². The van der Waals surface area contributed by atoms with E-state index in [1.807, 2.05) is 0 Å². The molecule has 2 amide bonds. The summed E-state index contributed by atoms with van der Waals surface area (Å²) in [5.41, 5.74) is 1.94. The van der Waals surface area contributed by atoms with Crippen molar-refractivity contribution in [2.24, 2.45) is 0 Å². The van der Waals surface area contributed by atoms with Crippen LogP contribution in [0.25, 0.3) is 16.8 Å². The lowest BCUT2D eigenvalue weighted by Gasteiger charge is -2.30. The predicted molar refractivity (Wildman–Crippen MR) is 132 cm³/mol. The van der Waals surface area contributed by atoms with Crippen molar-refractivity contribution < 1.29 is 9.59 Å². The Bertz CT molecular complexity index is 1210. The van der Waals surface area contributed by atoms with Crippen LogP contribution in [0.2, 0.25) is 0 Å². The zero-order chi connectivity index (χ0) is 22.6. The van der Waals surface area contributed by atoms with Crippen LogP contribution in [0.3, 0.4) is 0 Å². The van der Waals surface area contributed by atoms with E-state index in [0.717, 1.165) is 44.0 Å². The number of nitrogens with one attached hydrogen (secondary N) is 3. The minimum Gasteiger partial charge on any atom is -0.351 e. The first-order chi connectivity index (χ1) is 16.1. The van der Waals surface area contributed by atoms with Crippen molar-refractivity contribution in [2.75, 3.05) is 5.32 Å². The van der Waals surface area contributed by atoms with Gasteiger partial charge in [0.2, 0.25) is 5.95 Å². The number of anilines is 1. The second-order valence-electron chi connectivity index (χ2n) is 8.37. The molecule has 7 nitrogen and oxygen atoms in total. The molecule has 0 unspecified atom stereocenters. The molecule has 5 rings (SSSR count). The van der Waals surface area contributed by atoms with Gasteiger partial charge >= 0.3 is 0 Å². The van der Waals surface area contributed by atoms with E-state index in [0.29, 0.717) is 28.6 Å². The second-order valence-corrected chi connectivity index (χ2v) is 9.38. The summed E-state index contributed by atoms with van der Waals surface area (Å²) in [5, 5.41) is 11.7. The highest BCUT2D eigenvalue weighted by atomic mass is 32.2. The molecule has 33 heavy (non-hydrogen) atoms. The first kappa shape index (κ1) is 21.6. The summed E-state index contributed by atoms with van der Waals surface area (Å²) in [5.74, 6) is 0.165. The normalized spacial score (nSPS) is 22.0. The van der Waals surface area contributed by atoms with Crippen molar-refractivity contribution >= 4 is 45.7 Å². The van der Waals surface area contributed by atoms with E-state index in [1.54, 1.807) is 18.3 Å². The highest BCUT2D eigenvalue weighted by molar-refractivity contribution is 8.18. The minimum atomic E-state index is -0.382. The molecular formula is C25H25N5O2S. The van der Waals surface area contributed by atoms with E-state index >= 15 is 0 Å². The van der Waals surface area contributed by atoms with Gasteiger partial charge in [-0.1, -0.05) is 42.5 Å². The average Bonchev–Trinajstić information content (AvgIpc) is 3.15. The van der Waals surface area contributed by atoms with Crippen LogP contribution in [-0.4, -0.2) is 33.2 Å². The number of imide groups is 1. The number of amides is 2. The van der Waals surface area contributed by atoms with E-state index in [4.69, 9.17) is 0 Å². The summed E-state index contributed by atoms with van der Waals surface area (Å²) in [6.07, 6.45) is 7.53.